The molecule has 1 aliphatic rings. The fourth-order valence-electron chi connectivity index (χ4n) is 2.16. The Hall–Kier alpha value is -1.55. The number of carbonyl (C=O) groups is 1. The van der Waals surface area contributed by atoms with Crippen LogP contribution in [0.2, 0.25) is 0 Å². The maximum Gasteiger partial charge on any atom is 0.311 e. The van der Waals surface area contributed by atoms with Gasteiger partial charge in [0.1, 0.15) is 5.75 Å². The van der Waals surface area contributed by atoms with Gasteiger partial charge in [-0.05, 0) is 36.5 Å². The molecule has 4 nitrogen and oxygen atoms in total. The Bertz CT molecular complexity index is 414. The smallest absolute Gasteiger partial charge is 0.311 e. The third-order valence-corrected chi connectivity index (χ3v) is 3.05. The van der Waals surface area contributed by atoms with Gasteiger partial charge in [0.2, 0.25) is 0 Å². The molecule has 1 aromatic carbocycles. The molecule has 4 heteroatoms. The predicted molar refractivity (Wildman–Crippen MR) is 62.3 cm³/mol. The number of aliphatic hydroxyl groups is 1. The van der Waals surface area contributed by atoms with Crippen molar-refractivity contribution in [2.75, 3.05) is 13.2 Å². The number of aliphatic carboxylic acids is 1. The number of carboxylic acids is 1. The van der Waals surface area contributed by atoms with Crippen LogP contribution in [0.25, 0.3) is 0 Å². The first kappa shape index (κ1) is 11.9. The molecule has 1 unspecified atom stereocenters. The van der Waals surface area contributed by atoms with Crippen molar-refractivity contribution in [1.82, 2.24) is 0 Å². The van der Waals surface area contributed by atoms with E-state index in [9.17, 15) is 4.79 Å². The van der Waals surface area contributed by atoms with Gasteiger partial charge in [-0.2, -0.15) is 0 Å². The van der Waals surface area contributed by atoms with Gasteiger partial charge in [0.15, 0.2) is 0 Å². The summed E-state index contributed by atoms with van der Waals surface area (Å²) in [7, 11) is 0. The third-order valence-electron chi connectivity index (χ3n) is 3.05. The average molecular weight is 236 g/mol. The molecule has 0 saturated heterocycles. The van der Waals surface area contributed by atoms with Crippen LogP contribution < -0.4 is 4.74 Å². The Kier molecular flexibility index (Phi) is 3.64. The summed E-state index contributed by atoms with van der Waals surface area (Å²) >= 11 is 0. The topological polar surface area (TPSA) is 66.8 Å². The number of carboxylic acid groups (broad SMARTS) is 1. The Morgan fingerprint density at radius 2 is 2.29 bits per heavy atom. The molecule has 1 aromatic rings. The van der Waals surface area contributed by atoms with E-state index >= 15 is 0 Å². The maximum absolute atomic E-state index is 11.1. The summed E-state index contributed by atoms with van der Waals surface area (Å²) in [5.74, 6) is -0.670. The van der Waals surface area contributed by atoms with E-state index in [-0.39, 0.29) is 13.0 Å². The Balaban J connectivity index is 2.28. The van der Waals surface area contributed by atoms with Gasteiger partial charge in [0, 0.05) is 6.61 Å². The molecular formula is C13H16O4. The van der Waals surface area contributed by atoms with Gasteiger partial charge >= 0.3 is 5.97 Å². The number of hydrogen-bond acceptors (Lipinski definition) is 3. The van der Waals surface area contributed by atoms with Crippen molar-refractivity contribution in [2.45, 2.75) is 25.2 Å². The second-order valence-electron chi connectivity index (χ2n) is 4.22. The van der Waals surface area contributed by atoms with Crippen LogP contribution in [0.15, 0.2) is 18.2 Å². The lowest BCUT2D eigenvalue weighted by Crippen LogP contribution is -2.15. The number of aryl methyl sites for hydroxylation is 1. The van der Waals surface area contributed by atoms with Crippen LogP contribution in [0.1, 0.15) is 29.9 Å². The Morgan fingerprint density at radius 1 is 1.47 bits per heavy atom. The van der Waals surface area contributed by atoms with E-state index in [1.807, 2.05) is 12.1 Å². The summed E-state index contributed by atoms with van der Waals surface area (Å²) in [4.78, 5) is 11.1. The van der Waals surface area contributed by atoms with Crippen molar-refractivity contribution in [3.63, 3.8) is 0 Å². The quantitative estimate of drug-likeness (QED) is 0.832. The number of fused-ring (bicyclic) bond motifs is 1. The molecule has 1 heterocycles. The number of hydrogen-bond donors (Lipinski definition) is 2. The second kappa shape index (κ2) is 5.19. The van der Waals surface area contributed by atoms with E-state index in [1.165, 1.54) is 0 Å². The van der Waals surface area contributed by atoms with Crippen LogP contribution >= 0.6 is 0 Å². The van der Waals surface area contributed by atoms with Crippen LogP contribution in [0.4, 0.5) is 0 Å². The third kappa shape index (κ3) is 2.58. The minimum atomic E-state index is -0.893. The largest absolute Gasteiger partial charge is 0.493 e. The fourth-order valence-corrected chi connectivity index (χ4v) is 2.16. The maximum atomic E-state index is 11.1. The lowest BCUT2D eigenvalue weighted by atomic mass is 9.93. The highest BCUT2D eigenvalue weighted by Gasteiger charge is 2.21. The highest BCUT2D eigenvalue weighted by atomic mass is 16.5. The zero-order chi connectivity index (χ0) is 12.3. The van der Waals surface area contributed by atoms with Crippen molar-refractivity contribution >= 4 is 5.97 Å². The number of ether oxygens (including phenoxy) is 1. The standard InChI is InChI=1S/C13H16O4/c14-6-5-11(13(15)16)9-3-4-12-10(8-9)2-1-7-17-12/h3-4,8,11,14H,1-2,5-7H2,(H,15,16). The molecule has 0 amide bonds. The SMILES string of the molecule is O=C(O)C(CCO)c1ccc2c(c1)CCCO2. The van der Waals surface area contributed by atoms with Crippen LogP contribution in [0, 0.1) is 0 Å². The average Bonchev–Trinajstić information content (AvgIpc) is 2.35. The first-order chi connectivity index (χ1) is 8.22. The summed E-state index contributed by atoms with van der Waals surface area (Å²) in [5.41, 5.74) is 1.81. The van der Waals surface area contributed by atoms with Gasteiger partial charge in [-0.15, -0.1) is 0 Å². The molecular weight excluding hydrogens is 220 g/mol. The van der Waals surface area contributed by atoms with Crippen molar-refractivity contribution < 1.29 is 19.7 Å². The molecule has 92 valence electrons. The van der Waals surface area contributed by atoms with Gasteiger partial charge in [-0.25, -0.2) is 0 Å². The predicted octanol–water partition coefficient (Wildman–Crippen LogP) is 1.56. The lowest BCUT2D eigenvalue weighted by molar-refractivity contribution is -0.139. The van der Waals surface area contributed by atoms with Gasteiger partial charge < -0.3 is 14.9 Å². The molecule has 2 N–H and O–H groups in total. The van der Waals surface area contributed by atoms with E-state index in [0.29, 0.717) is 0 Å². The van der Waals surface area contributed by atoms with E-state index < -0.39 is 11.9 Å². The number of aliphatic hydroxyl groups excluding tert-OH is 1. The van der Waals surface area contributed by atoms with E-state index in [0.717, 1.165) is 36.3 Å². The van der Waals surface area contributed by atoms with Gasteiger partial charge in [0.05, 0.1) is 12.5 Å². The minimum Gasteiger partial charge on any atom is -0.493 e. The van der Waals surface area contributed by atoms with Gasteiger partial charge in [0.25, 0.3) is 0 Å². The molecule has 1 aliphatic heterocycles. The highest BCUT2D eigenvalue weighted by molar-refractivity contribution is 5.76. The fraction of sp³-hybridized carbons (Fsp3) is 0.462. The van der Waals surface area contributed by atoms with Gasteiger partial charge in [-0.3, -0.25) is 4.79 Å². The highest BCUT2D eigenvalue weighted by Crippen LogP contribution is 2.29. The zero-order valence-electron chi connectivity index (χ0n) is 9.56. The van der Waals surface area contributed by atoms with Gasteiger partial charge in [-0.1, -0.05) is 12.1 Å². The van der Waals surface area contributed by atoms with Crippen molar-refractivity contribution in [2.24, 2.45) is 0 Å². The Morgan fingerprint density at radius 3 is 3.00 bits per heavy atom. The van der Waals surface area contributed by atoms with Crippen molar-refractivity contribution in [1.29, 1.82) is 0 Å². The minimum absolute atomic E-state index is 0.120. The molecule has 17 heavy (non-hydrogen) atoms. The first-order valence-corrected chi connectivity index (χ1v) is 5.81. The molecule has 0 radical (unpaired) electrons. The normalized spacial score (nSPS) is 15.8. The summed E-state index contributed by atoms with van der Waals surface area (Å²) in [6.45, 7) is 0.607. The lowest BCUT2D eigenvalue weighted by Gasteiger charge is -2.19. The Labute approximate surface area is 99.8 Å². The van der Waals surface area contributed by atoms with Crippen molar-refractivity contribution in [3.8, 4) is 5.75 Å². The van der Waals surface area contributed by atoms with E-state index in [1.54, 1.807) is 6.07 Å². The second-order valence-corrected chi connectivity index (χ2v) is 4.22. The van der Waals surface area contributed by atoms with Crippen LogP contribution in [0.5, 0.6) is 5.75 Å². The molecule has 0 aromatic heterocycles. The summed E-state index contributed by atoms with van der Waals surface area (Å²) < 4.78 is 5.48. The molecule has 0 bridgehead atoms. The number of rotatable bonds is 4. The van der Waals surface area contributed by atoms with Crippen molar-refractivity contribution in [3.05, 3.63) is 29.3 Å². The summed E-state index contributed by atoms with van der Waals surface area (Å²) in [5, 5.41) is 18.0. The van der Waals surface area contributed by atoms with Crippen LogP contribution in [-0.2, 0) is 11.2 Å². The molecule has 0 spiro atoms. The monoisotopic (exact) mass is 236 g/mol. The molecule has 0 aliphatic carbocycles. The zero-order valence-corrected chi connectivity index (χ0v) is 9.56. The van der Waals surface area contributed by atoms with E-state index in [4.69, 9.17) is 14.9 Å². The van der Waals surface area contributed by atoms with Crippen LogP contribution in [-0.4, -0.2) is 29.4 Å². The number of benzene rings is 1. The van der Waals surface area contributed by atoms with Crippen LogP contribution in [0.3, 0.4) is 0 Å². The summed E-state index contributed by atoms with van der Waals surface area (Å²) in [6, 6.07) is 5.50. The molecule has 0 fully saturated rings. The van der Waals surface area contributed by atoms with E-state index in [2.05, 4.69) is 0 Å². The first-order valence-electron chi connectivity index (χ1n) is 5.81. The summed E-state index contributed by atoms with van der Waals surface area (Å²) in [6.07, 6.45) is 2.14. The molecule has 1 atom stereocenters. The molecule has 0 saturated carbocycles. The molecule has 2 rings (SSSR count).